The fourth-order valence-corrected chi connectivity index (χ4v) is 15.7. The van der Waals surface area contributed by atoms with E-state index in [-0.39, 0.29) is 22.7 Å². The van der Waals surface area contributed by atoms with Gasteiger partial charge < -0.3 is 9.80 Å². The average molecular weight is 945 g/mol. The van der Waals surface area contributed by atoms with Crippen molar-refractivity contribution >= 4 is 46.3 Å². The summed E-state index contributed by atoms with van der Waals surface area (Å²) in [5.74, 6) is 0. The fraction of sp³-hybridized carbons (Fsp3) is 0.104. The molecule has 4 heteroatoms. The van der Waals surface area contributed by atoms with Crippen LogP contribution in [0.4, 0.5) is 22.7 Å². The molecular formula is C67H48N2S2. The van der Waals surface area contributed by atoms with Crippen molar-refractivity contribution in [3.05, 3.63) is 264 Å². The zero-order valence-electron chi connectivity index (χ0n) is 39.5. The van der Waals surface area contributed by atoms with E-state index in [2.05, 4.69) is 254 Å². The molecular weight excluding hydrogens is 897 g/mol. The number of hydrogen-bond acceptors (Lipinski definition) is 4. The summed E-state index contributed by atoms with van der Waals surface area (Å²) in [4.78, 5) is 8.00. The standard InChI is InChI=1S/C67H48N2S2/c1-67(2)57-30-26-43(45-28-32-59-55(39-45)65-63(51-22-12-14-24-61(51)70-65)68(59)49-20-10-5-11-21-49)37-53(57)54-38-44(27-31-58(54)67)46-29-33-60-56(40-46)66-64(52-23-13-15-25-62(52)71-66)69(60)50-35-47(41-16-6-3-7-17-41)34-48(36-50)42-18-8-4-9-19-42/h3-40,63-66H,1-2H3. The average Bonchev–Trinajstić information content (AvgIpc) is 4.22. The Balaban J connectivity index is 0.820. The molecule has 0 radical (unpaired) electrons. The summed E-state index contributed by atoms with van der Waals surface area (Å²) < 4.78 is 0. The van der Waals surface area contributed by atoms with E-state index in [0.717, 1.165) is 0 Å². The molecule has 1 aliphatic carbocycles. The monoisotopic (exact) mass is 944 g/mol. The summed E-state index contributed by atoms with van der Waals surface area (Å²) in [6, 6.07) is 87.4. The van der Waals surface area contributed by atoms with Gasteiger partial charge in [0.1, 0.15) is 0 Å². The highest BCUT2D eigenvalue weighted by molar-refractivity contribution is 8.00. The summed E-state index contributed by atoms with van der Waals surface area (Å²) in [5, 5.41) is 0.593. The molecule has 10 aromatic rings. The maximum atomic E-state index is 2.65. The van der Waals surface area contributed by atoms with Gasteiger partial charge in [-0.05, 0) is 168 Å². The van der Waals surface area contributed by atoms with E-state index in [1.807, 2.05) is 23.5 Å². The van der Waals surface area contributed by atoms with Crippen molar-refractivity contribution in [2.45, 2.75) is 51.6 Å². The summed E-state index contributed by atoms with van der Waals surface area (Å²) in [5.41, 5.74) is 26.1. The number of para-hydroxylation sites is 1. The largest absolute Gasteiger partial charge is 0.332 e. The van der Waals surface area contributed by atoms with E-state index in [0.29, 0.717) is 5.25 Å². The first kappa shape index (κ1) is 41.3. The van der Waals surface area contributed by atoms with Crippen molar-refractivity contribution in [1.82, 2.24) is 0 Å². The highest BCUT2D eigenvalue weighted by atomic mass is 32.2. The number of anilines is 4. The van der Waals surface area contributed by atoms with Crippen LogP contribution >= 0.6 is 23.5 Å². The van der Waals surface area contributed by atoms with E-state index in [1.54, 1.807) is 0 Å². The Morgan fingerprint density at radius 3 is 1.23 bits per heavy atom. The van der Waals surface area contributed by atoms with Gasteiger partial charge in [-0.3, -0.25) is 0 Å². The lowest BCUT2D eigenvalue weighted by atomic mass is 9.82. The van der Waals surface area contributed by atoms with Crippen molar-refractivity contribution in [2.24, 2.45) is 0 Å². The molecule has 2 nitrogen and oxygen atoms in total. The Morgan fingerprint density at radius 1 is 0.324 bits per heavy atom. The fourth-order valence-electron chi connectivity index (χ4n) is 12.7. The van der Waals surface area contributed by atoms with Crippen LogP contribution in [-0.2, 0) is 5.41 Å². The highest BCUT2D eigenvalue weighted by Crippen LogP contribution is 2.66. The predicted molar refractivity (Wildman–Crippen MR) is 298 cm³/mol. The minimum absolute atomic E-state index is 0.111. The van der Waals surface area contributed by atoms with Crippen LogP contribution in [-0.4, -0.2) is 0 Å². The van der Waals surface area contributed by atoms with Crippen LogP contribution in [0.2, 0.25) is 0 Å². The zero-order valence-corrected chi connectivity index (χ0v) is 41.1. The molecule has 338 valence electrons. The van der Waals surface area contributed by atoms with Gasteiger partial charge in [0, 0.05) is 38.0 Å². The quantitative estimate of drug-likeness (QED) is 0.164. The van der Waals surface area contributed by atoms with E-state index in [1.165, 1.54) is 122 Å². The number of thioether (sulfide) groups is 2. The molecule has 0 spiro atoms. The van der Waals surface area contributed by atoms with Gasteiger partial charge in [0.2, 0.25) is 0 Å². The lowest BCUT2D eigenvalue weighted by Crippen LogP contribution is -2.19. The van der Waals surface area contributed by atoms with Crippen molar-refractivity contribution in [1.29, 1.82) is 0 Å². The van der Waals surface area contributed by atoms with Crippen LogP contribution in [0.3, 0.4) is 0 Å². The van der Waals surface area contributed by atoms with E-state index in [9.17, 15) is 0 Å². The molecule has 4 heterocycles. The molecule has 0 bridgehead atoms. The molecule has 5 aliphatic rings. The van der Waals surface area contributed by atoms with Crippen LogP contribution < -0.4 is 9.80 Å². The first-order valence-corrected chi connectivity index (χ1v) is 26.7. The Kier molecular flexibility index (Phi) is 9.16. The van der Waals surface area contributed by atoms with E-state index >= 15 is 0 Å². The molecule has 10 aromatic carbocycles. The number of benzene rings is 10. The molecule has 0 amide bonds. The molecule has 0 aromatic heterocycles. The van der Waals surface area contributed by atoms with Crippen molar-refractivity contribution in [2.75, 3.05) is 9.80 Å². The van der Waals surface area contributed by atoms with Crippen molar-refractivity contribution in [3.63, 3.8) is 0 Å². The summed E-state index contributed by atoms with van der Waals surface area (Å²) >= 11 is 4.05. The zero-order chi connectivity index (χ0) is 47.0. The van der Waals surface area contributed by atoms with Crippen LogP contribution in [0.25, 0.3) is 55.6 Å². The molecule has 4 unspecified atom stereocenters. The van der Waals surface area contributed by atoms with Gasteiger partial charge in [0.15, 0.2) is 0 Å². The molecule has 0 N–H and O–H groups in total. The third-order valence-corrected chi connectivity index (χ3v) is 18.9. The van der Waals surface area contributed by atoms with Gasteiger partial charge in [-0.15, -0.1) is 23.5 Å². The van der Waals surface area contributed by atoms with Crippen LogP contribution in [0, 0.1) is 0 Å². The Labute approximate surface area is 424 Å². The number of nitrogens with zero attached hydrogens (tertiary/aromatic N) is 2. The van der Waals surface area contributed by atoms with Crippen LogP contribution in [0.1, 0.15) is 69.8 Å². The second-order valence-electron chi connectivity index (χ2n) is 20.3. The highest BCUT2D eigenvalue weighted by Gasteiger charge is 2.48. The minimum atomic E-state index is -0.111. The summed E-state index contributed by atoms with van der Waals surface area (Å²) in [6.07, 6.45) is 0. The normalized spacial score (nSPS) is 19.1. The molecule has 4 aliphatic heterocycles. The van der Waals surface area contributed by atoms with Gasteiger partial charge in [-0.25, -0.2) is 0 Å². The van der Waals surface area contributed by atoms with Gasteiger partial charge in [-0.2, -0.15) is 0 Å². The van der Waals surface area contributed by atoms with Crippen molar-refractivity contribution < 1.29 is 0 Å². The SMILES string of the molecule is CC1(C)c2ccc(-c3ccc4c(c3)C3Sc5ccccc5C3N4c3ccccc3)cc2-c2cc(-c3ccc4c(c3)C3Sc5ccccc5C3N4c3cc(-c4ccccc4)cc(-c4ccccc4)c3)ccc21. The summed E-state index contributed by atoms with van der Waals surface area (Å²) in [7, 11) is 0. The van der Waals surface area contributed by atoms with Crippen LogP contribution in [0.5, 0.6) is 0 Å². The Bertz CT molecular complexity index is 3730. The summed E-state index contributed by atoms with van der Waals surface area (Å²) in [6.45, 7) is 4.80. The van der Waals surface area contributed by atoms with Gasteiger partial charge in [0.05, 0.1) is 22.6 Å². The van der Waals surface area contributed by atoms with Gasteiger partial charge in [-0.1, -0.05) is 166 Å². The first-order chi connectivity index (χ1) is 34.9. The molecule has 15 rings (SSSR count). The second-order valence-corrected chi connectivity index (χ2v) is 22.7. The number of hydrogen-bond donors (Lipinski definition) is 0. The van der Waals surface area contributed by atoms with E-state index in [4.69, 9.17) is 0 Å². The van der Waals surface area contributed by atoms with Gasteiger partial charge in [0.25, 0.3) is 0 Å². The second kappa shape index (κ2) is 15.8. The van der Waals surface area contributed by atoms with E-state index < -0.39 is 0 Å². The predicted octanol–water partition coefficient (Wildman–Crippen LogP) is 18.7. The Morgan fingerprint density at radius 2 is 0.732 bits per heavy atom. The third-order valence-electron chi connectivity index (χ3n) is 16.1. The molecule has 0 saturated carbocycles. The topological polar surface area (TPSA) is 6.48 Å². The lowest BCUT2D eigenvalue weighted by molar-refractivity contribution is 0.660. The third kappa shape index (κ3) is 6.30. The van der Waals surface area contributed by atoms with Gasteiger partial charge >= 0.3 is 0 Å². The van der Waals surface area contributed by atoms with Crippen LogP contribution in [0.15, 0.2) is 240 Å². The minimum Gasteiger partial charge on any atom is -0.332 e. The molecule has 4 atom stereocenters. The lowest BCUT2D eigenvalue weighted by Gasteiger charge is -2.29. The number of rotatable bonds is 6. The number of fused-ring (bicyclic) bond motifs is 13. The molecule has 0 fully saturated rings. The molecule has 71 heavy (non-hydrogen) atoms. The van der Waals surface area contributed by atoms with Crippen molar-refractivity contribution in [3.8, 4) is 55.6 Å². The Hall–Kier alpha value is -7.50. The molecule has 0 saturated heterocycles. The smallest absolute Gasteiger partial charge is 0.0766 e. The first-order valence-electron chi connectivity index (χ1n) is 24.9. The maximum absolute atomic E-state index is 2.65. The maximum Gasteiger partial charge on any atom is 0.0766 e.